The van der Waals surface area contributed by atoms with Crippen LogP contribution in [0, 0.1) is 0 Å². The summed E-state index contributed by atoms with van der Waals surface area (Å²) in [6.07, 6.45) is 9.99. The van der Waals surface area contributed by atoms with Crippen LogP contribution in [0.25, 0.3) is 15.3 Å². The van der Waals surface area contributed by atoms with Gasteiger partial charge in [-0.05, 0) is 36.8 Å². The van der Waals surface area contributed by atoms with Crippen LogP contribution in [0.15, 0.2) is 61.4 Å². The Kier molecular flexibility index (Phi) is 5.66. The van der Waals surface area contributed by atoms with Crippen molar-refractivity contribution >= 4 is 33.4 Å². The SMILES string of the molecule is O=C(CNC(=O)c1ccc2nc(-n3cccc3)sc2c1)NCCCn1ccnc1. The van der Waals surface area contributed by atoms with Crippen molar-refractivity contribution in [2.45, 2.75) is 13.0 Å². The van der Waals surface area contributed by atoms with E-state index in [1.165, 1.54) is 11.3 Å². The number of rotatable bonds is 8. The van der Waals surface area contributed by atoms with Crippen LogP contribution in [0.5, 0.6) is 0 Å². The summed E-state index contributed by atoms with van der Waals surface area (Å²) in [5.74, 6) is -0.492. The van der Waals surface area contributed by atoms with Gasteiger partial charge in [-0.1, -0.05) is 11.3 Å². The molecule has 29 heavy (non-hydrogen) atoms. The van der Waals surface area contributed by atoms with Gasteiger partial charge < -0.3 is 19.8 Å². The van der Waals surface area contributed by atoms with E-state index in [2.05, 4.69) is 20.6 Å². The lowest BCUT2D eigenvalue weighted by Gasteiger charge is -2.07. The number of carbonyl (C=O) groups is 2. The first kappa shape index (κ1) is 18.9. The molecule has 2 N–H and O–H groups in total. The molecule has 0 unspecified atom stereocenters. The quantitative estimate of drug-likeness (QED) is 0.437. The molecule has 0 saturated heterocycles. The molecule has 0 aliphatic rings. The Balaban J connectivity index is 1.27. The van der Waals surface area contributed by atoms with Crippen LogP contribution in [0.4, 0.5) is 0 Å². The maximum Gasteiger partial charge on any atom is 0.251 e. The predicted molar refractivity (Wildman–Crippen MR) is 111 cm³/mol. The number of nitrogens with one attached hydrogen (secondary N) is 2. The summed E-state index contributed by atoms with van der Waals surface area (Å²) >= 11 is 1.51. The number of benzene rings is 1. The zero-order valence-electron chi connectivity index (χ0n) is 15.6. The highest BCUT2D eigenvalue weighted by Crippen LogP contribution is 2.25. The topological polar surface area (TPSA) is 93.8 Å². The van der Waals surface area contributed by atoms with Crippen LogP contribution >= 0.6 is 11.3 Å². The molecule has 2 amide bonds. The van der Waals surface area contributed by atoms with Crippen molar-refractivity contribution in [3.05, 3.63) is 67.0 Å². The van der Waals surface area contributed by atoms with Crippen molar-refractivity contribution in [2.24, 2.45) is 0 Å². The van der Waals surface area contributed by atoms with Crippen LogP contribution in [0.2, 0.25) is 0 Å². The average molecular weight is 408 g/mol. The first-order valence-electron chi connectivity index (χ1n) is 9.23. The van der Waals surface area contributed by atoms with Crippen LogP contribution in [-0.4, -0.2) is 44.0 Å². The third kappa shape index (κ3) is 4.69. The molecule has 0 fully saturated rings. The molecule has 3 heterocycles. The monoisotopic (exact) mass is 408 g/mol. The number of aromatic nitrogens is 4. The summed E-state index contributed by atoms with van der Waals surface area (Å²) in [5, 5.41) is 6.31. The van der Waals surface area contributed by atoms with Crippen LogP contribution in [0.1, 0.15) is 16.8 Å². The van der Waals surface area contributed by atoms with E-state index in [1.54, 1.807) is 24.7 Å². The number of carbonyl (C=O) groups excluding carboxylic acids is 2. The van der Waals surface area contributed by atoms with Gasteiger partial charge in [0.1, 0.15) is 0 Å². The molecule has 0 bridgehead atoms. The highest BCUT2D eigenvalue weighted by atomic mass is 32.1. The second-order valence-electron chi connectivity index (χ2n) is 6.46. The number of aryl methyl sites for hydroxylation is 1. The number of nitrogens with zero attached hydrogens (tertiary/aromatic N) is 4. The predicted octanol–water partition coefficient (Wildman–Crippen LogP) is 2.22. The Labute approximate surface area is 171 Å². The van der Waals surface area contributed by atoms with Gasteiger partial charge >= 0.3 is 0 Å². The third-order valence-electron chi connectivity index (χ3n) is 4.35. The van der Waals surface area contributed by atoms with Crippen molar-refractivity contribution in [2.75, 3.05) is 13.1 Å². The van der Waals surface area contributed by atoms with Crippen LogP contribution < -0.4 is 10.6 Å². The lowest BCUT2D eigenvalue weighted by molar-refractivity contribution is -0.120. The van der Waals surface area contributed by atoms with Gasteiger partial charge in [0.05, 0.1) is 23.1 Å². The highest BCUT2D eigenvalue weighted by molar-refractivity contribution is 7.20. The van der Waals surface area contributed by atoms with E-state index < -0.39 is 0 Å². The molecule has 0 atom stereocenters. The van der Waals surface area contributed by atoms with Crippen LogP contribution in [0.3, 0.4) is 0 Å². The second kappa shape index (κ2) is 8.70. The third-order valence-corrected chi connectivity index (χ3v) is 5.38. The summed E-state index contributed by atoms with van der Waals surface area (Å²) in [6, 6.07) is 9.23. The normalized spacial score (nSPS) is 10.9. The van der Waals surface area contributed by atoms with Crippen molar-refractivity contribution in [1.29, 1.82) is 0 Å². The summed E-state index contributed by atoms with van der Waals surface area (Å²) < 4.78 is 4.80. The van der Waals surface area contributed by atoms with E-state index in [0.717, 1.165) is 28.3 Å². The van der Waals surface area contributed by atoms with E-state index in [4.69, 9.17) is 0 Å². The molecule has 4 rings (SSSR count). The number of imidazole rings is 1. The number of thiazole rings is 1. The molecular formula is C20H20N6O2S. The van der Waals surface area contributed by atoms with Gasteiger partial charge in [0.25, 0.3) is 5.91 Å². The second-order valence-corrected chi connectivity index (χ2v) is 7.47. The van der Waals surface area contributed by atoms with Crippen molar-refractivity contribution < 1.29 is 9.59 Å². The van der Waals surface area contributed by atoms with Crippen molar-refractivity contribution in [1.82, 2.24) is 29.7 Å². The molecule has 8 nitrogen and oxygen atoms in total. The number of hydrogen-bond acceptors (Lipinski definition) is 5. The highest BCUT2D eigenvalue weighted by Gasteiger charge is 2.11. The summed E-state index contributed by atoms with van der Waals surface area (Å²) in [5.41, 5.74) is 1.35. The Bertz CT molecular complexity index is 1100. The Morgan fingerprint density at radius 3 is 2.76 bits per heavy atom. The lowest BCUT2D eigenvalue weighted by Crippen LogP contribution is -2.37. The fourth-order valence-corrected chi connectivity index (χ4v) is 3.83. The molecule has 0 aliphatic carbocycles. The summed E-state index contributed by atoms with van der Waals surface area (Å²) in [7, 11) is 0. The molecule has 4 aromatic rings. The molecule has 9 heteroatoms. The van der Waals surface area contributed by atoms with Gasteiger partial charge in [-0.3, -0.25) is 9.59 Å². The molecule has 0 radical (unpaired) electrons. The Morgan fingerprint density at radius 1 is 1.10 bits per heavy atom. The minimum Gasteiger partial charge on any atom is -0.355 e. The fourth-order valence-electron chi connectivity index (χ4n) is 2.86. The van der Waals surface area contributed by atoms with E-state index in [1.807, 2.05) is 45.9 Å². The van der Waals surface area contributed by atoms with Crippen molar-refractivity contribution in [3.63, 3.8) is 0 Å². The molecule has 0 spiro atoms. The van der Waals surface area contributed by atoms with Crippen LogP contribution in [-0.2, 0) is 11.3 Å². The van der Waals surface area contributed by atoms with E-state index in [9.17, 15) is 9.59 Å². The zero-order chi connectivity index (χ0) is 20.1. The van der Waals surface area contributed by atoms with Gasteiger partial charge in [0.2, 0.25) is 5.91 Å². The van der Waals surface area contributed by atoms with E-state index in [-0.39, 0.29) is 18.4 Å². The van der Waals surface area contributed by atoms with Gasteiger partial charge in [-0.2, -0.15) is 0 Å². The molecule has 0 saturated carbocycles. The molecular weight excluding hydrogens is 388 g/mol. The number of fused-ring (bicyclic) bond motifs is 1. The molecule has 0 aliphatic heterocycles. The standard InChI is InChI=1S/C20H20N6O2S/c27-18(22-6-3-8-25-11-7-21-14-25)13-23-19(28)15-4-5-16-17(12-15)29-20(24-16)26-9-1-2-10-26/h1-2,4-5,7,9-12,14H,3,6,8,13H2,(H,22,27)(H,23,28). The minimum atomic E-state index is -0.281. The summed E-state index contributed by atoms with van der Waals surface area (Å²) in [6.45, 7) is 1.27. The maximum absolute atomic E-state index is 12.4. The minimum absolute atomic E-state index is 0.0563. The number of hydrogen-bond donors (Lipinski definition) is 2. The van der Waals surface area contributed by atoms with Gasteiger partial charge in [0.15, 0.2) is 5.13 Å². The molecule has 1 aromatic carbocycles. The van der Waals surface area contributed by atoms with Gasteiger partial charge in [-0.15, -0.1) is 0 Å². The first-order chi connectivity index (χ1) is 14.2. The van der Waals surface area contributed by atoms with Crippen molar-refractivity contribution in [3.8, 4) is 5.13 Å². The largest absolute Gasteiger partial charge is 0.355 e. The van der Waals surface area contributed by atoms with E-state index in [0.29, 0.717) is 12.1 Å². The van der Waals surface area contributed by atoms with E-state index >= 15 is 0 Å². The molecule has 3 aromatic heterocycles. The van der Waals surface area contributed by atoms with Gasteiger partial charge in [0, 0.05) is 43.4 Å². The van der Waals surface area contributed by atoms with Gasteiger partial charge in [-0.25, -0.2) is 9.97 Å². The average Bonchev–Trinajstić information content (AvgIpc) is 3.49. The smallest absolute Gasteiger partial charge is 0.251 e. The summed E-state index contributed by atoms with van der Waals surface area (Å²) in [4.78, 5) is 32.9. The fraction of sp³-hybridized carbons (Fsp3) is 0.200. The maximum atomic E-state index is 12.4. The lowest BCUT2D eigenvalue weighted by atomic mass is 10.2. The number of amides is 2. The zero-order valence-corrected chi connectivity index (χ0v) is 16.4. The first-order valence-corrected chi connectivity index (χ1v) is 10.1. The Morgan fingerprint density at radius 2 is 1.97 bits per heavy atom. The molecule has 148 valence electrons. The Hall–Kier alpha value is -3.46.